The number of hydrogen-bond donors (Lipinski definition) is 1. The molecule has 2 aliphatic rings. The average Bonchev–Trinajstić information content (AvgIpc) is 2.81. The third-order valence-corrected chi connectivity index (χ3v) is 5.54. The van der Waals surface area contributed by atoms with Gasteiger partial charge in [-0.3, -0.25) is 9.58 Å². The second-order valence-electron chi connectivity index (χ2n) is 6.55. The van der Waals surface area contributed by atoms with Gasteiger partial charge in [0.05, 0.1) is 12.2 Å². The van der Waals surface area contributed by atoms with Gasteiger partial charge >= 0.3 is 0 Å². The Balaban J connectivity index is 1.86. The van der Waals surface area contributed by atoms with Crippen molar-refractivity contribution in [3.05, 3.63) is 17.5 Å². The lowest BCUT2D eigenvalue weighted by atomic mass is 9.77. The second-order valence-corrected chi connectivity index (χ2v) is 6.55. The third kappa shape index (κ3) is 2.40. The van der Waals surface area contributed by atoms with Gasteiger partial charge in [0, 0.05) is 30.9 Å². The minimum Gasteiger partial charge on any atom is -0.329 e. The Morgan fingerprint density at radius 3 is 2.75 bits per heavy atom. The molecule has 2 fully saturated rings. The highest BCUT2D eigenvalue weighted by Crippen LogP contribution is 2.39. The first-order valence-electron chi connectivity index (χ1n) is 8.16. The van der Waals surface area contributed by atoms with Crippen LogP contribution in [-0.2, 0) is 7.05 Å². The van der Waals surface area contributed by atoms with Crippen LogP contribution in [0, 0.1) is 12.8 Å². The molecule has 0 spiro atoms. The van der Waals surface area contributed by atoms with Crippen molar-refractivity contribution in [1.29, 1.82) is 0 Å². The molecule has 1 saturated heterocycles. The molecule has 0 aromatic carbocycles. The van der Waals surface area contributed by atoms with Crippen LogP contribution in [-0.4, -0.2) is 33.8 Å². The van der Waals surface area contributed by atoms with Crippen LogP contribution >= 0.6 is 0 Å². The molecular formula is C16H28N4. The number of hydrogen-bond acceptors (Lipinski definition) is 3. The molecule has 1 aliphatic heterocycles. The van der Waals surface area contributed by atoms with Gasteiger partial charge in [0.25, 0.3) is 0 Å². The van der Waals surface area contributed by atoms with Gasteiger partial charge in [-0.15, -0.1) is 0 Å². The summed E-state index contributed by atoms with van der Waals surface area (Å²) in [6, 6.07) is 1.11. The van der Waals surface area contributed by atoms with Crippen molar-refractivity contribution in [2.75, 3.05) is 13.1 Å². The molecule has 4 heteroatoms. The Labute approximate surface area is 122 Å². The van der Waals surface area contributed by atoms with E-state index in [0.29, 0.717) is 12.6 Å². The number of aryl methyl sites for hydroxylation is 1. The summed E-state index contributed by atoms with van der Waals surface area (Å²) in [5, 5.41) is 4.42. The van der Waals surface area contributed by atoms with Crippen LogP contribution in [0.4, 0.5) is 0 Å². The molecule has 3 atom stereocenters. The van der Waals surface area contributed by atoms with E-state index in [1.807, 2.05) is 17.9 Å². The summed E-state index contributed by atoms with van der Waals surface area (Å²) >= 11 is 0. The van der Waals surface area contributed by atoms with Crippen molar-refractivity contribution in [3.8, 4) is 0 Å². The predicted molar refractivity (Wildman–Crippen MR) is 81.4 cm³/mol. The Kier molecular flexibility index (Phi) is 4.13. The fourth-order valence-electron chi connectivity index (χ4n) is 4.33. The minimum atomic E-state index is 0.356. The number of nitrogens with two attached hydrogens (primary N) is 1. The first kappa shape index (κ1) is 14.1. The topological polar surface area (TPSA) is 47.1 Å². The zero-order valence-corrected chi connectivity index (χ0v) is 12.9. The smallest absolute Gasteiger partial charge is 0.0540 e. The maximum Gasteiger partial charge on any atom is 0.0540 e. The molecule has 20 heavy (non-hydrogen) atoms. The first-order chi connectivity index (χ1) is 9.72. The SMILES string of the molecule is Cc1c(C(CN)N2CCCC3CCCCC32)cnn1C. The van der Waals surface area contributed by atoms with Gasteiger partial charge in [-0.25, -0.2) is 0 Å². The largest absolute Gasteiger partial charge is 0.329 e. The lowest BCUT2D eigenvalue weighted by Crippen LogP contribution is -2.50. The van der Waals surface area contributed by atoms with E-state index in [1.165, 1.54) is 56.3 Å². The van der Waals surface area contributed by atoms with Gasteiger partial charge in [0.2, 0.25) is 0 Å². The highest BCUT2D eigenvalue weighted by molar-refractivity contribution is 5.21. The van der Waals surface area contributed by atoms with Crippen LogP contribution in [0.25, 0.3) is 0 Å². The Morgan fingerprint density at radius 1 is 1.30 bits per heavy atom. The number of rotatable bonds is 3. The molecule has 112 valence electrons. The van der Waals surface area contributed by atoms with Gasteiger partial charge in [-0.2, -0.15) is 5.10 Å². The molecule has 3 unspecified atom stereocenters. The van der Waals surface area contributed by atoms with Gasteiger partial charge in [0.15, 0.2) is 0 Å². The lowest BCUT2D eigenvalue weighted by molar-refractivity contribution is 0.0274. The highest BCUT2D eigenvalue weighted by atomic mass is 15.3. The lowest BCUT2D eigenvalue weighted by Gasteiger charge is -2.47. The van der Waals surface area contributed by atoms with E-state index in [4.69, 9.17) is 5.73 Å². The average molecular weight is 276 g/mol. The summed E-state index contributed by atoms with van der Waals surface area (Å²) in [7, 11) is 2.02. The summed E-state index contributed by atoms with van der Waals surface area (Å²) < 4.78 is 1.97. The van der Waals surface area contributed by atoms with Crippen molar-refractivity contribution < 1.29 is 0 Å². The van der Waals surface area contributed by atoms with Crippen LogP contribution in [0.2, 0.25) is 0 Å². The van der Waals surface area contributed by atoms with Gasteiger partial charge in [-0.1, -0.05) is 12.8 Å². The van der Waals surface area contributed by atoms with E-state index in [2.05, 4.69) is 16.9 Å². The van der Waals surface area contributed by atoms with Crippen molar-refractivity contribution >= 4 is 0 Å². The van der Waals surface area contributed by atoms with E-state index in [1.54, 1.807) is 0 Å². The third-order valence-electron chi connectivity index (χ3n) is 5.54. The maximum atomic E-state index is 6.16. The molecular weight excluding hydrogens is 248 g/mol. The van der Waals surface area contributed by atoms with E-state index >= 15 is 0 Å². The summed E-state index contributed by atoms with van der Waals surface area (Å²) in [6.45, 7) is 4.07. The van der Waals surface area contributed by atoms with Gasteiger partial charge in [-0.05, 0) is 45.1 Å². The molecule has 1 aliphatic carbocycles. The van der Waals surface area contributed by atoms with E-state index in [0.717, 1.165) is 12.0 Å². The molecule has 2 heterocycles. The summed E-state index contributed by atoms with van der Waals surface area (Å²) in [4.78, 5) is 2.71. The molecule has 4 nitrogen and oxygen atoms in total. The van der Waals surface area contributed by atoms with Crippen LogP contribution < -0.4 is 5.73 Å². The maximum absolute atomic E-state index is 6.16. The number of piperidine rings is 1. The molecule has 2 N–H and O–H groups in total. The van der Waals surface area contributed by atoms with Crippen molar-refractivity contribution in [1.82, 2.24) is 14.7 Å². The molecule has 0 amide bonds. The Bertz CT molecular complexity index is 451. The van der Waals surface area contributed by atoms with Crippen molar-refractivity contribution in [2.24, 2.45) is 18.7 Å². The van der Waals surface area contributed by atoms with Crippen molar-refractivity contribution in [2.45, 2.75) is 57.5 Å². The molecule has 1 saturated carbocycles. The van der Waals surface area contributed by atoms with E-state index in [9.17, 15) is 0 Å². The standard InChI is InChI=1S/C16H28N4/c1-12-14(11-18-19(12)2)16(10-17)20-9-5-7-13-6-3-4-8-15(13)20/h11,13,15-16H,3-10,17H2,1-2H3. The van der Waals surface area contributed by atoms with Gasteiger partial charge < -0.3 is 5.73 Å². The minimum absolute atomic E-state index is 0.356. The normalized spacial score (nSPS) is 29.1. The van der Waals surface area contributed by atoms with Gasteiger partial charge in [0.1, 0.15) is 0 Å². The molecule has 1 aromatic heterocycles. The summed E-state index contributed by atoms with van der Waals surface area (Å²) in [5.41, 5.74) is 8.75. The molecule has 0 bridgehead atoms. The Hall–Kier alpha value is -0.870. The van der Waals surface area contributed by atoms with Crippen LogP contribution in [0.1, 0.15) is 55.8 Å². The first-order valence-corrected chi connectivity index (χ1v) is 8.16. The molecule has 1 aromatic rings. The quantitative estimate of drug-likeness (QED) is 0.922. The number of fused-ring (bicyclic) bond motifs is 1. The highest BCUT2D eigenvalue weighted by Gasteiger charge is 2.37. The van der Waals surface area contributed by atoms with Crippen LogP contribution in [0.3, 0.4) is 0 Å². The summed E-state index contributed by atoms with van der Waals surface area (Å²) in [5.74, 6) is 0.906. The van der Waals surface area contributed by atoms with Crippen LogP contribution in [0.5, 0.6) is 0 Å². The van der Waals surface area contributed by atoms with Crippen molar-refractivity contribution in [3.63, 3.8) is 0 Å². The zero-order valence-electron chi connectivity index (χ0n) is 12.9. The Morgan fingerprint density at radius 2 is 2.05 bits per heavy atom. The summed E-state index contributed by atoms with van der Waals surface area (Å²) in [6.07, 6.45) is 10.4. The number of likely N-dealkylation sites (tertiary alicyclic amines) is 1. The molecule has 3 rings (SSSR count). The fraction of sp³-hybridized carbons (Fsp3) is 0.812. The van der Waals surface area contributed by atoms with E-state index in [-0.39, 0.29) is 0 Å². The number of nitrogens with zero attached hydrogens (tertiary/aromatic N) is 3. The second kappa shape index (κ2) is 5.86. The van der Waals surface area contributed by atoms with E-state index < -0.39 is 0 Å². The van der Waals surface area contributed by atoms with Crippen LogP contribution in [0.15, 0.2) is 6.20 Å². The zero-order chi connectivity index (χ0) is 14.1. The fourth-order valence-corrected chi connectivity index (χ4v) is 4.33. The monoisotopic (exact) mass is 276 g/mol. The predicted octanol–water partition coefficient (Wildman–Crippen LogP) is 2.38. The molecule has 0 radical (unpaired) electrons. The number of aromatic nitrogens is 2.